The summed E-state index contributed by atoms with van der Waals surface area (Å²) in [6, 6.07) is 0. The van der Waals surface area contributed by atoms with E-state index in [1.165, 1.54) is 19.3 Å². The van der Waals surface area contributed by atoms with E-state index in [2.05, 4.69) is 0 Å². The molecule has 0 spiro atoms. The Bertz CT molecular complexity index is 165. The van der Waals surface area contributed by atoms with Crippen LogP contribution in [-0.2, 0) is 9.53 Å². The number of fused-ring (bicyclic) bond motifs is 1. The van der Waals surface area contributed by atoms with E-state index in [9.17, 15) is 4.79 Å². The minimum Gasteiger partial charge on any atom is -0.462 e. The molecule has 2 fully saturated rings. The molecular weight excluding hydrogens is 140 g/mol. The molecule has 1 saturated carbocycles. The maximum atomic E-state index is 10.9. The van der Waals surface area contributed by atoms with Gasteiger partial charge in [-0.15, -0.1) is 0 Å². The Labute approximate surface area is 66.9 Å². The summed E-state index contributed by atoms with van der Waals surface area (Å²) in [7, 11) is 0. The van der Waals surface area contributed by atoms with Crippen LogP contribution in [0.25, 0.3) is 0 Å². The third-order valence-electron chi connectivity index (χ3n) is 2.84. The van der Waals surface area contributed by atoms with Crippen molar-refractivity contribution in [3.8, 4) is 0 Å². The van der Waals surface area contributed by atoms with Gasteiger partial charge in [0.15, 0.2) is 0 Å². The molecule has 0 aromatic carbocycles. The summed E-state index contributed by atoms with van der Waals surface area (Å²) in [5, 5.41) is 0. The number of ether oxygens (including phenoxy) is 1. The van der Waals surface area contributed by atoms with Gasteiger partial charge in [-0.2, -0.15) is 0 Å². The minimum absolute atomic E-state index is 0.0214. The monoisotopic (exact) mass is 154 g/mol. The highest BCUT2D eigenvalue weighted by molar-refractivity contribution is 5.70. The number of hydrogen-bond acceptors (Lipinski definition) is 2. The van der Waals surface area contributed by atoms with E-state index in [-0.39, 0.29) is 12.1 Å². The molecule has 11 heavy (non-hydrogen) atoms. The molecule has 0 aromatic heterocycles. The summed E-state index contributed by atoms with van der Waals surface area (Å²) < 4.78 is 5.25. The van der Waals surface area contributed by atoms with Crippen LogP contribution in [0, 0.1) is 5.92 Å². The van der Waals surface area contributed by atoms with E-state index in [1.807, 2.05) is 0 Å². The lowest BCUT2D eigenvalue weighted by atomic mass is 9.82. The van der Waals surface area contributed by atoms with Crippen LogP contribution in [0.15, 0.2) is 0 Å². The Hall–Kier alpha value is -0.530. The quantitative estimate of drug-likeness (QED) is 0.498. The van der Waals surface area contributed by atoms with E-state index < -0.39 is 0 Å². The van der Waals surface area contributed by atoms with Gasteiger partial charge in [-0.1, -0.05) is 6.42 Å². The second-order valence-electron chi connectivity index (χ2n) is 3.61. The van der Waals surface area contributed by atoms with Crippen molar-refractivity contribution in [2.45, 2.75) is 44.6 Å². The predicted molar refractivity (Wildman–Crippen MR) is 41.1 cm³/mol. The molecule has 0 radical (unpaired) electrons. The first kappa shape index (κ1) is 7.14. The van der Waals surface area contributed by atoms with Crippen molar-refractivity contribution >= 4 is 5.97 Å². The first-order valence-electron chi connectivity index (χ1n) is 4.56. The molecular formula is C9H14O2. The van der Waals surface area contributed by atoms with Crippen LogP contribution >= 0.6 is 0 Å². The molecule has 0 bridgehead atoms. The normalized spacial score (nSPS) is 37.6. The van der Waals surface area contributed by atoms with Crippen molar-refractivity contribution in [1.82, 2.24) is 0 Å². The fourth-order valence-corrected chi connectivity index (χ4v) is 2.19. The molecule has 2 rings (SSSR count). The Morgan fingerprint density at radius 1 is 1.18 bits per heavy atom. The van der Waals surface area contributed by atoms with E-state index >= 15 is 0 Å². The van der Waals surface area contributed by atoms with Crippen molar-refractivity contribution in [1.29, 1.82) is 0 Å². The van der Waals surface area contributed by atoms with E-state index in [4.69, 9.17) is 4.74 Å². The van der Waals surface area contributed by atoms with Gasteiger partial charge in [-0.25, -0.2) is 0 Å². The van der Waals surface area contributed by atoms with Crippen molar-refractivity contribution in [2.75, 3.05) is 0 Å². The molecule has 2 heteroatoms. The van der Waals surface area contributed by atoms with Crippen molar-refractivity contribution in [3.05, 3.63) is 0 Å². The topological polar surface area (TPSA) is 26.3 Å². The molecule has 0 N–H and O–H groups in total. The van der Waals surface area contributed by atoms with Gasteiger partial charge < -0.3 is 4.74 Å². The number of rotatable bonds is 0. The average molecular weight is 154 g/mol. The summed E-state index contributed by atoms with van der Waals surface area (Å²) in [6.07, 6.45) is 6.97. The molecule has 2 aliphatic rings. The molecule has 0 aromatic rings. The molecule has 1 saturated heterocycles. The smallest absolute Gasteiger partial charge is 0.306 e. The number of carbonyl (C=O) groups is 1. The number of hydrogen-bond donors (Lipinski definition) is 0. The number of carbonyl (C=O) groups excluding carboxylic acids is 1. The fraction of sp³-hybridized carbons (Fsp3) is 0.889. The van der Waals surface area contributed by atoms with Crippen molar-refractivity contribution < 1.29 is 9.53 Å². The summed E-state index contributed by atoms with van der Waals surface area (Å²) in [4.78, 5) is 10.9. The molecule has 0 unspecified atom stereocenters. The van der Waals surface area contributed by atoms with Gasteiger partial charge in [0, 0.05) is 6.42 Å². The van der Waals surface area contributed by atoms with Gasteiger partial charge in [0.2, 0.25) is 0 Å². The maximum Gasteiger partial charge on any atom is 0.306 e. The second-order valence-corrected chi connectivity index (χ2v) is 3.61. The highest BCUT2D eigenvalue weighted by atomic mass is 16.5. The van der Waals surface area contributed by atoms with E-state index in [0.29, 0.717) is 12.3 Å². The zero-order valence-corrected chi connectivity index (χ0v) is 6.71. The maximum absolute atomic E-state index is 10.9. The molecule has 1 aliphatic heterocycles. The molecule has 2 nitrogen and oxygen atoms in total. The van der Waals surface area contributed by atoms with E-state index in [1.54, 1.807) is 0 Å². The fourth-order valence-electron chi connectivity index (χ4n) is 2.19. The Morgan fingerprint density at radius 2 is 2.00 bits per heavy atom. The lowest BCUT2D eigenvalue weighted by Crippen LogP contribution is -2.34. The van der Waals surface area contributed by atoms with Crippen LogP contribution in [0.5, 0.6) is 0 Å². The van der Waals surface area contributed by atoms with Gasteiger partial charge in [0.05, 0.1) is 0 Å². The third kappa shape index (κ3) is 1.39. The minimum atomic E-state index is 0.0214. The highest BCUT2D eigenvalue weighted by Crippen LogP contribution is 2.33. The molecule has 2 atom stereocenters. The Morgan fingerprint density at radius 3 is 2.91 bits per heavy atom. The van der Waals surface area contributed by atoms with Crippen LogP contribution in [0.2, 0.25) is 0 Å². The lowest BCUT2D eigenvalue weighted by Gasteiger charge is -2.34. The SMILES string of the molecule is O=C1CC[C@@H]2CCCC[C@H]2O1. The summed E-state index contributed by atoms with van der Waals surface area (Å²) in [5.41, 5.74) is 0. The van der Waals surface area contributed by atoms with Gasteiger partial charge in [-0.05, 0) is 31.6 Å². The van der Waals surface area contributed by atoms with Crippen LogP contribution in [0.3, 0.4) is 0 Å². The summed E-state index contributed by atoms with van der Waals surface area (Å²) in [6.45, 7) is 0. The van der Waals surface area contributed by atoms with E-state index in [0.717, 1.165) is 12.8 Å². The molecule has 1 aliphatic carbocycles. The average Bonchev–Trinajstić information content (AvgIpc) is 2.04. The molecule has 62 valence electrons. The van der Waals surface area contributed by atoms with Crippen LogP contribution in [0.1, 0.15) is 38.5 Å². The first-order chi connectivity index (χ1) is 5.36. The largest absolute Gasteiger partial charge is 0.462 e. The van der Waals surface area contributed by atoms with Crippen LogP contribution in [0.4, 0.5) is 0 Å². The van der Waals surface area contributed by atoms with Crippen LogP contribution < -0.4 is 0 Å². The van der Waals surface area contributed by atoms with Gasteiger partial charge in [-0.3, -0.25) is 4.79 Å². The van der Waals surface area contributed by atoms with Crippen molar-refractivity contribution in [2.24, 2.45) is 5.92 Å². The Balaban J connectivity index is 1.98. The predicted octanol–water partition coefficient (Wildman–Crippen LogP) is 1.88. The summed E-state index contributed by atoms with van der Waals surface area (Å²) in [5.74, 6) is 0.717. The third-order valence-corrected chi connectivity index (χ3v) is 2.84. The zero-order chi connectivity index (χ0) is 7.68. The lowest BCUT2D eigenvalue weighted by molar-refractivity contribution is -0.160. The Kier molecular flexibility index (Phi) is 1.84. The zero-order valence-electron chi connectivity index (χ0n) is 6.71. The standard InChI is InChI=1S/C9H14O2/c10-9-6-5-7-3-1-2-4-8(7)11-9/h7-8H,1-6H2/t7-,8+/m0/s1. The number of esters is 1. The van der Waals surface area contributed by atoms with Gasteiger partial charge >= 0.3 is 5.97 Å². The molecule has 1 heterocycles. The summed E-state index contributed by atoms with van der Waals surface area (Å²) >= 11 is 0. The van der Waals surface area contributed by atoms with Gasteiger partial charge in [0.25, 0.3) is 0 Å². The second kappa shape index (κ2) is 2.84. The molecule has 0 amide bonds. The van der Waals surface area contributed by atoms with Gasteiger partial charge in [0.1, 0.15) is 6.10 Å². The van der Waals surface area contributed by atoms with Crippen LogP contribution in [-0.4, -0.2) is 12.1 Å². The van der Waals surface area contributed by atoms with Crippen molar-refractivity contribution in [3.63, 3.8) is 0 Å². The first-order valence-corrected chi connectivity index (χ1v) is 4.56. The highest BCUT2D eigenvalue weighted by Gasteiger charge is 2.32.